The Balaban J connectivity index is 2.04. The SMILES string of the molecule is CCOC1C(O)CC1Oc1ccc([N+](=O)[O-])c(F)c1. The predicted octanol–water partition coefficient (Wildman–Crippen LogP) is 1.65. The van der Waals surface area contributed by atoms with Gasteiger partial charge in [0.2, 0.25) is 5.82 Å². The van der Waals surface area contributed by atoms with E-state index in [9.17, 15) is 19.6 Å². The van der Waals surface area contributed by atoms with E-state index in [1.807, 2.05) is 0 Å². The summed E-state index contributed by atoms with van der Waals surface area (Å²) in [6.07, 6.45) is -1.00. The average Bonchev–Trinajstić information content (AvgIpc) is 2.35. The van der Waals surface area contributed by atoms with E-state index in [0.717, 1.165) is 12.1 Å². The van der Waals surface area contributed by atoms with Gasteiger partial charge in [0.25, 0.3) is 0 Å². The summed E-state index contributed by atoms with van der Waals surface area (Å²) in [7, 11) is 0. The molecule has 1 aliphatic carbocycles. The van der Waals surface area contributed by atoms with Crippen LogP contribution in [0.5, 0.6) is 5.75 Å². The van der Waals surface area contributed by atoms with Gasteiger partial charge in [-0.25, -0.2) is 0 Å². The summed E-state index contributed by atoms with van der Waals surface area (Å²) in [6.45, 7) is 2.24. The van der Waals surface area contributed by atoms with Crippen LogP contribution < -0.4 is 4.74 Å². The van der Waals surface area contributed by atoms with Gasteiger partial charge in [0.1, 0.15) is 18.0 Å². The topological polar surface area (TPSA) is 81.8 Å². The number of nitro benzene ring substituents is 1. The van der Waals surface area contributed by atoms with E-state index in [0.29, 0.717) is 13.0 Å². The summed E-state index contributed by atoms with van der Waals surface area (Å²) in [4.78, 5) is 9.68. The molecule has 0 spiro atoms. The maximum absolute atomic E-state index is 13.4. The molecule has 3 unspecified atom stereocenters. The zero-order chi connectivity index (χ0) is 14.0. The van der Waals surface area contributed by atoms with Gasteiger partial charge in [0, 0.05) is 25.2 Å². The van der Waals surface area contributed by atoms with Crippen LogP contribution in [0.4, 0.5) is 10.1 Å². The summed E-state index contributed by atoms with van der Waals surface area (Å²) >= 11 is 0. The Morgan fingerprint density at radius 2 is 2.32 bits per heavy atom. The van der Waals surface area contributed by atoms with Crippen LogP contribution in [-0.2, 0) is 4.74 Å². The highest BCUT2D eigenvalue weighted by Gasteiger charge is 2.42. The smallest absolute Gasteiger partial charge is 0.305 e. The van der Waals surface area contributed by atoms with Crippen molar-refractivity contribution in [3.63, 3.8) is 0 Å². The van der Waals surface area contributed by atoms with E-state index in [-0.39, 0.29) is 11.9 Å². The number of aliphatic hydroxyl groups is 1. The number of rotatable bonds is 5. The molecular weight excluding hydrogens is 257 g/mol. The second kappa shape index (κ2) is 5.50. The molecule has 2 rings (SSSR count). The van der Waals surface area contributed by atoms with E-state index < -0.39 is 28.6 Å². The number of hydrogen-bond donors (Lipinski definition) is 1. The van der Waals surface area contributed by atoms with Crippen molar-refractivity contribution in [2.24, 2.45) is 0 Å². The van der Waals surface area contributed by atoms with E-state index >= 15 is 0 Å². The Hall–Kier alpha value is -1.73. The third-order valence-corrected chi connectivity index (χ3v) is 2.98. The summed E-state index contributed by atoms with van der Waals surface area (Å²) < 4.78 is 24.1. The zero-order valence-electron chi connectivity index (χ0n) is 10.3. The molecule has 1 fully saturated rings. The molecule has 1 aromatic carbocycles. The molecule has 0 aromatic heterocycles. The number of hydrogen-bond acceptors (Lipinski definition) is 5. The van der Waals surface area contributed by atoms with Crippen molar-refractivity contribution < 1.29 is 23.9 Å². The van der Waals surface area contributed by atoms with Crippen molar-refractivity contribution in [2.45, 2.75) is 31.7 Å². The van der Waals surface area contributed by atoms with Gasteiger partial charge < -0.3 is 14.6 Å². The molecule has 1 aliphatic rings. The lowest BCUT2D eigenvalue weighted by Crippen LogP contribution is -2.55. The van der Waals surface area contributed by atoms with E-state index in [2.05, 4.69) is 0 Å². The second-order valence-electron chi connectivity index (χ2n) is 4.25. The summed E-state index contributed by atoms with van der Waals surface area (Å²) in [5, 5.41) is 20.0. The molecule has 0 aliphatic heterocycles. The maximum Gasteiger partial charge on any atom is 0.305 e. The number of benzene rings is 1. The van der Waals surface area contributed by atoms with Crippen molar-refractivity contribution in [3.8, 4) is 5.75 Å². The van der Waals surface area contributed by atoms with Crippen LogP contribution in [0.1, 0.15) is 13.3 Å². The Labute approximate surface area is 108 Å². The molecule has 1 N–H and O–H groups in total. The van der Waals surface area contributed by atoms with Gasteiger partial charge in [-0.2, -0.15) is 4.39 Å². The third-order valence-electron chi connectivity index (χ3n) is 2.98. The van der Waals surface area contributed by atoms with Gasteiger partial charge in [-0.3, -0.25) is 10.1 Å². The van der Waals surface area contributed by atoms with Crippen LogP contribution >= 0.6 is 0 Å². The lowest BCUT2D eigenvalue weighted by atomic mass is 9.88. The lowest BCUT2D eigenvalue weighted by Gasteiger charge is -2.40. The fourth-order valence-corrected chi connectivity index (χ4v) is 1.97. The molecule has 0 bridgehead atoms. The standard InChI is InChI=1S/C12H14FNO5/c1-2-18-12-10(15)6-11(12)19-7-3-4-9(14(16)17)8(13)5-7/h3-5,10-12,15H,2,6H2,1H3. The minimum Gasteiger partial charge on any atom is -0.487 e. The lowest BCUT2D eigenvalue weighted by molar-refractivity contribution is -0.387. The largest absolute Gasteiger partial charge is 0.487 e. The molecule has 1 saturated carbocycles. The number of ether oxygens (including phenoxy) is 2. The monoisotopic (exact) mass is 271 g/mol. The first-order chi connectivity index (χ1) is 9.02. The van der Waals surface area contributed by atoms with Crippen molar-refractivity contribution in [1.82, 2.24) is 0 Å². The Kier molecular flexibility index (Phi) is 3.96. The van der Waals surface area contributed by atoms with Crippen LogP contribution in [0.2, 0.25) is 0 Å². The first-order valence-electron chi connectivity index (χ1n) is 5.93. The van der Waals surface area contributed by atoms with Crippen molar-refractivity contribution >= 4 is 5.69 Å². The average molecular weight is 271 g/mol. The van der Waals surface area contributed by atoms with Crippen LogP contribution in [0.25, 0.3) is 0 Å². The fourth-order valence-electron chi connectivity index (χ4n) is 1.97. The Morgan fingerprint density at radius 1 is 1.58 bits per heavy atom. The fraction of sp³-hybridized carbons (Fsp3) is 0.500. The minimum atomic E-state index is -0.949. The van der Waals surface area contributed by atoms with Gasteiger partial charge in [-0.15, -0.1) is 0 Å². The summed E-state index contributed by atoms with van der Waals surface area (Å²) in [6, 6.07) is 3.34. The number of nitrogens with zero attached hydrogens (tertiary/aromatic N) is 1. The molecule has 0 heterocycles. The van der Waals surface area contributed by atoms with Gasteiger partial charge >= 0.3 is 5.69 Å². The van der Waals surface area contributed by atoms with Crippen LogP contribution in [0, 0.1) is 15.9 Å². The molecule has 19 heavy (non-hydrogen) atoms. The van der Waals surface area contributed by atoms with E-state index in [4.69, 9.17) is 9.47 Å². The van der Waals surface area contributed by atoms with Crippen LogP contribution in [-0.4, -0.2) is 34.9 Å². The maximum atomic E-state index is 13.4. The van der Waals surface area contributed by atoms with Gasteiger partial charge in [0.05, 0.1) is 11.0 Å². The van der Waals surface area contributed by atoms with Gasteiger partial charge in [0.15, 0.2) is 0 Å². The molecular formula is C12H14FNO5. The molecule has 104 valence electrons. The summed E-state index contributed by atoms with van der Waals surface area (Å²) in [5.41, 5.74) is -0.595. The normalized spacial score (nSPS) is 25.7. The Bertz CT molecular complexity index is 481. The van der Waals surface area contributed by atoms with E-state index in [1.165, 1.54) is 6.07 Å². The molecule has 0 radical (unpaired) electrons. The third kappa shape index (κ3) is 2.82. The van der Waals surface area contributed by atoms with Crippen molar-refractivity contribution in [2.75, 3.05) is 6.61 Å². The van der Waals surface area contributed by atoms with E-state index in [1.54, 1.807) is 6.92 Å². The molecule has 1 aromatic rings. The Morgan fingerprint density at radius 3 is 2.84 bits per heavy atom. The predicted molar refractivity (Wildman–Crippen MR) is 63.5 cm³/mol. The highest BCUT2D eigenvalue weighted by atomic mass is 19.1. The van der Waals surface area contributed by atoms with Crippen LogP contribution in [0.15, 0.2) is 18.2 Å². The molecule has 7 heteroatoms. The zero-order valence-corrected chi connectivity index (χ0v) is 10.3. The quantitative estimate of drug-likeness (QED) is 0.650. The first-order valence-corrected chi connectivity index (χ1v) is 5.93. The number of halogens is 1. The molecule has 0 saturated heterocycles. The molecule has 3 atom stereocenters. The van der Waals surface area contributed by atoms with Gasteiger partial charge in [-0.05, 0) is 13.0 Å². The number of aliphatic hydroxyl groups excluding tert-OH is 1. The van der Waals surface area contributed by atoms with Crippen LogP contribution in [0.3, 0.4) is 0 Å². The molecule has 0 amide bonds. The minimum absolute atomic E-state index is 0.185. The van der Waals surface area contributed by atoms with Crippen molar-refractivity contribution in [1.29, 1.82) is 0 Å². The van der Waals surface area contributed by atoms with Gasteiger partial charge in [-0.1, -0.05) is 0 Å². The second-order valence-corrected chi connectivity index (χ2v) is 4.25. The highest BCUT2D eigenvalue weighted by molar-refractivity contribution is 5.38. The number of nitro groups is 1. The molecule has 6 nitrogen and oxygen atoms in total. The van der Waals surface area contributed by atoms with Crippen molar-refractivity contribution in [3.05, 3.63) is 34.1 Å². The highest BCUT2D eigenvalue weighted by Crippen LogP contribution is 2.30. The first kappa shape index (κ1) is 13.7. The summed E-state index contributed by atoms with van der Waals surface area (Å²) in [5.74, 6) is -0.764.